The predicted octanol–water partition coefficient (Wildman–Crippen LogP) is 3.87. The molecule has 1 aliphatic carbocycles. The first-order valence-corrected chi connectivity index (χ1v) is 7.69. The molecule has 4 heteroatoms. The number of benzene rings is 1. The van der Waals surface area contributed by atoms with Crippen LogP contribution in [0.2, 0.25) is 0 Å². The topological polar surface area (TPSA) is 38.9 Å². The van der Waals surface area contributed by atoms with Crippen LogP contribution >= 0.6 is 27.3 Å². The van der Waals surface area contributed by atoms with Gasteiger partial charge in [-0.25, -0.2) is 4.98 Å². The van der Waals surface area contributed by atoms with Crippen molar-refractivity contribution in [2.24, 2.45) is 5.73 Å². The van der Waals surface area contributed by atoms with Crippen LogP contribution in [0.15, 0.2) is 28.7 Å². The Hall–Kier alpha value is -0.710. The number of nitrogens with zero attached hydrogens (tertiary/aromatic N) is 1. The number of aromatic nitrogens is 1. The van der Waals surface area contributed by atoms with E-state index < -0.39 is 0 Å². The van der Waals surface area contributed by atoms with Crippen LogP contribution in [0.4, 0.5) is 0 Å². The van der Waals surface area contributed by atoms with Crippen LogP contribution < -0.4 is 5.73 Å². The van der Waals surface area contributed by atoms with Crippen LogP contribution in [0.25, 0.3) is 11.3 Å². The first-order chi connectivity index (χ1) is 8.64. The molecule has 2 nitrogen and oxygen atoms in total. The van der Waals surface area contributed by atoms with E-state index in [-0.39, 0.29) is 5.41 Å². The zero-order valence-corrected chi connectivity index (χ0v) is 12.6. The lowest BCUT2D eigenvalue weighted by atomic mass is 10.1. The summed E-state index contributed by atoms with van der Waals surface area (Å²) in [5, 5.41) is 1.22. The fraction of sp³-hybridized carbons (Fsp3) is 0.357. The average Bonchev–Trinajstić information content (AvgIpc) is 3.08. The van der Waals surface area contributed by atoms with Crippen molar-refractivity contribution in [1.82, 2.24) is 4.98 Å². The summed E-state index contributed by atoms with van der Waals surface area (Å²) in [6, 6.07) is 8.34. The molecule has 0 saturated heterocycles. The molecule has 0 spiro atoms. The number of nitrogens with two attached hydrogens (primary N) is 1. The first-order valence-electron chi connectivity index (χ1n) is 6.08. The lowest BCUT2D eigenvalue weighted by Gasteiger charge is -2.06. The van der Waals surface area contributed by atoms with Crippen LogP contribution in [-0.4, -0.2) is 11.5 Å². The standard InChI is InChI=1S/C14H15BrN2S/c1-9-12(10-2-4-11(15)5-3-10)17-13(18-9)14(8-16)6-7-14/h2-5H,6-8,16H2,1H3. The van der Waals surface area contributed by atoms with E-state index in [0.29, 0.717) is 0 Å². The molecule has 1 aromatic heterocycles. The molecule has 0 bridgehead atoms. The number of thiazole rings is 1. The zero-order valence-electron chi connectivity index (χ0n) is 10.2. The highest BCUT2D eigenvalue weighted by Gasteiger charge is 2.45. The van der Waals surface area contributed by atoms with Gasteiger partial charge in [0.1, 0.15) is 5.01 Å². The Morgan fingerprint density at radius 1 is 1.33 bits per heavy atom. The van der Waals surface area contributed by atoms with E-state index in [0.717, 1.165) is 16.7 Å². The van der Waals surface area contributed by atoms with Gasteiger partial charge in [0.15, 0.2) is 0 Å². The normalized spacial score (nSPS) is 16.8. The molecule has 1 saturated carbocycles. The predicted molar refractivity (Wildman–Crippen MR) is 80.0 cm³/mol. The second-order valence-electron chi connectivity index (χ2n) is 4.92. The molecule has 2 N–H and O–H groups in total. The van der Waals surface area contributed by atoms with Gasteiger partial charge in [-0.2, -0.15) is 0 Å². The fourth-order valence-corrected chi connectivity index (χ4v) is 3.61. The molecule has 1 fully saturated rings. The second kappa shape index (κ2) is 4.44. The number of hydrogen-bond donors (Lipinski definition) is 1. The summed E-state index contributed by atoms with van der Waals surface area (Å²) in [6.45, 7) is 2.87. The third kappa shape index (κ3) is 2.02. The maximum atomic E-state index is 5.88. The summed E-state index contributed by atoms with van der Waals surface area (Å²) < 4.78 is 1.10. The fourth-order valence-electron chi connectivity index (χ4n) is 2.16. The maximum Gasteiger partial charge on any atom is 0.101 e. The number of aryl methyl sites for hydroxylation is 1. The zero-order chi connectivity index (χ0) is 12.8. The Morgan fingerprint density at radius 2 is 2.00 bits per heavy atom. The molecule has 0 atom stereocenters. The van der Waals surface area contributed by atoms with Crippen LogP contribution in [0.3, 0.4) is 0 Å². The highest BCUT2D eigenvalue weighted by molar-refractivity contribution is 9.10. The van der Waals surface area contributed by atoms with Gasteiger partial charge in [0.2, 0.25) is 0 Å². The van der Waals surface area contributed by atoms with Gasteiger partial charge in [-0.3, -0.25) is 0 Å². The number of rotatable bonds is 3. The smallest absolute Gasteiger partial charge is 0.101 e. The van der Waals surface area contributed by atoms with Crippen molar-refractivity contribution in [2.75, 3.05) is 6.54 Å². The summed E-state index contributed by atoms with van der Waals surface area (Å²) in [4.78, 5) is 6.12. The van der Waals surface area contributed by atoms with Crippen LogP contribution in [-0.2, 0) is 5.41 Å². The average molecular weight is 323 g/mol. The Morgan fingerprint density at radius 3 is 2.56 bits per heavy atom. The Kier molecular flexibility index (Phi) is 3.04. The van der Waals surface area contributed by atoms with Crippen molar-refractivity contribution in [1.29, 1.82) is 0 Å². The monoisotopic (exact) mass is 322 g/mol. The summed E-state index contributed by atoms with van der Waals surface area (Å²) in [5.41, 5.74) is 8.38. The molecule has 1 heterocycles. The van der Waals surface area contributed by atoms with Crippen LogP contribution in [0.1, 0.15) is 22.7 Å². The molecular weight excluding hydrogens is 308 g/mol. The maximum absolute atomic E-state index is 5.88. The van der Waals surface area contributed by atoms with Crippen molar-refractivity contribution in [3.63, 3.8) is 0 Å². The third-order valence-electron chi connectivity index (χ3n) is 3.61. The second-order valence-corrected chi connectivity index (χ2v) is 7.03. The third-order valence-corrected chi connectivity index (χ3v) is 5.36. The van der Waals surface area contributed by atoms with E-state index in [4.69, 9.17) is 10.7 Å². The lowest BCUT2D eigenvalue weighted by molar-refractivity contribution is 0.698. The Balaban J connectivity index is 2.00. The van der Waals surface area contributed by atoms with E-state index in [1.54, 1.807) is 11.3 Å². The molecular formula is C14H15BrN2S. The van der Waals surface area contributed by atoms with Crippen molar-refractivity contribution >= 4 is 27.3 Å². The lowest BCUT2D eigenvalue weighted by Crippen LogP contribution is -2.19. The van der Waals surface area contributed by atoms with Gasteiger partial charge in [0.05, 0.1) is 5.69 Å². The molecule has 0 radical (unpaired) electrons. The van der Waals surface area contributed by atoms with Gasteiger partial charge in [-0.15, -0.1) is 11.3 Å². The van der Waals surface area contributed by atoms with Gasteiger partial charge >= 0.3 is 0 Å². The molecule has 18 heavy (non-hydrogen) atoms. The molecule has 3 rings (SSSR count). The minimum absolute atomic E-state index is 0.197. The summed E-state index contributed by atoms with van der Waals surface area (Å²) >= 11 is 5.26. The van der Waals surface area contributed by atoms with E-state index in [1.807, 2.05) is 0 Å². The minimum Gasteiger partial charge on any atom is -0.329 e. The quantitative estimate of drug-likeness (QED) is 0.931. The molecule has 0 unspecified atom stereocenters. The van der Waals surface area contributed by atoms with Gasteiger partial charge in [-0.1, -0.05) is 28.1 Å². The Labute approximate surface area is 119 Å². The molecule has 1 aromatic carbocycles. The van der Waals surface area contributed by atoms with Gasteiger partial charge in [0.25, 0.3) is 0 Å². The van der Waals surface area contributed by atoms with Gasteiger partial charge in [-0.05, 0) is 31.9 Å². The van der Waals surface area contributed by atoms with Gasteiger partial charge in [0, 0.05) is 26.9 Å². The van der Waals surface area contributed by atoms with E-state index >= 15 is 0 Å². The van der Waals surface area contributed by atoms with Crippen molar-refractivity contribution in [2.45, 2.75) is 25.2 Å². The molecule has 94 valence electrons. The first kappa shape index (κ1) is 12.3. The molecule has 0 aliphatic heterocycles. The van der Waals surface area contributed by atoms with Crippen molar-refractivity contribution in [3.8, 4) is 11.3 Å². The number of halogens is 1. The van der Waals surface area contributed by atoms with Crippen LogP contribution in [0.5, 0.6) is 0 Å². The van der Waals surface area contributed by atoms with Gasteiger partial charge < -0.3 is 5.73 Å². The minimum atomic E-state index is 0.197. The molecule has 2 aromatic rings. The van der Waals surface area contributed by atoms with Crippen molar-refractivity contribution < 1.29 is 0 Å². The SMILES string of the molecule is Cc1sc(C2(CN)CC2)nc1-c1ccc(Br)cc1. The van der Waals surface area contributed by atoms with E-state index in [1.165, 1.54) is 28.3 Å². The summed E-state index contributed by atoms with van der Waals surface area (Å²) in [6.07, 6.45) is 2.38. The van der Waals surface area contributed by atoms with Crippen LogP contribution in [0, 0.1) is 6.92 Å². The van der Waals surface area contributed by atoms with E-state index in [2.05, 4.69) is 47.1 Å². The summed E-state index contributed by atoms with van der Waals surface area (Å²) in [5.74, 6) is 0. The molecule has 1 aliphatic rings. The Bertz CT molecular complexity index is 570. The summed E-state index contributed by atoms with van der Waals surface area (Å²) in [7, 11) is 0. The van der Waals surface area contributed by atoms with E-state index in [9.17, 15) is 0 Å². The highest BCUT2D eigenvalue weighted by Crippen LogP contribution is 2.49. The highest BCUT2D eigenvalue weighted by atomic mass is 79.9. The van der Waals surface area contributed by atoms with Crippen molar-refractivity contribution in [3.05, 3.63) is 38.6 Å². The molecule has 0 amide bonds. The number of hydrogen-bond acceptors (Lipinski definition) is 3. The largest absolute Gasteiger partial charge is 0.329 e.